The van der Waals surface area contributed by atoms with Crippen molar-refractivity contribution >= 4 is 17.5 Å². The molecule has 2 aliphatic rings. The molecule has 28 heavy (non-hydrogen) atoms. The van der Waals surface area contributed by atoms with Crippen LogP contribution in [0.2, 0.25) is 0 Å². The van der Waals surface area contributed by atoms with E-state index in [0.717, 1.165) is 5.56 Å². The molecule has 7 heteroatoms. The van der Waals surface area contributed by atoms with E-state index in [1.807, 2.05) is 0 Å². The summed E-state index contributed by atoms with van der Waals surface area (Å²) in [6.45, 7) is 1.76. The van der Waals surface area contributed by atoms with Gasteiger partial charge in [0.15, 0.2) is 11.5 Å². The lowest BCUT2D eigenvalue weighted by Gasteiger charge is -2.22. The average Bonchev–Trinajstić information content (AvgIpc) is 3.11. The van der Waals surface area contributed by atoms with Crippen molar-refractivity contribution in [2.75, 3.05) is 31.2 Å². The van der Waals surface area contributed by atoms with Crippen molar-refractivity contribution in [2.45, 2.75) is 12.8 Å². The first kappa shape index (κ1) is 18.3. The highest BCUT2D eigenvalue weighted by Crippen LogP contribution is 2.35. The zero-order valence-corrected chi connectivity index (χ0v) is 15.3. The maximum absolute atomic E-state index is 12.9. The molecule has 1 saturated heterocycles. The zero-order chi connectivity index (χ0) is 19.5. The van der Waals surface area contributed by atoms with Crippen LogP contribution in [-0.2, 0) is 16.0 Å². The number of nitrogens with one attached hydrogen (secondary N) is 1. The van der Waals surface area contributed by atoms with Crippen LogP contribution in [0.1, 0.15) is 12.0 Å². The largest absolute Gasteiger partial charge is 0.486 e. The Bertz CT molecular complexity index is 884. The van der Waals surface area contributed by atoms with E-state index >= 15 is 0 Å². The fraction of sp³-hybridized carbons (Fsp3) is 0.333. The molecule has 0 spiro atoms. The Balaban J connectivity index is 1.33. The summed E-state index contributed by atoms with van der Waals surface area (Å²) < 4.78 is 24.0. The van der Waals surface area contributed by atoms with Crippen LogP contribution in [0.15, 0.2) is 42.5 Å². The van der Waals surface area contributed by atoms with Crippen LogP contribution in [0.3, 0.4) is 0 Å². The number of hydrogen-bond donors (Lipinski definition) is 1. The molecule has 6 nitrogen and oxygen atoms in total. The van der Waals surface area contributed by atoms with Gasteiger partial charge in [-0.25, -0.2) is 4.39 Å². The van der Waals surface area contributed by atoms with Crippen LogP contribution < -0.4 is 19.7 Å². The van der Waals surface area contributed by atoms with Gasteiger partial charge in [0.25, 0.3) is 0 Å². The number of hydrogen-bond acceptors (Lipinski definition) is 4. The molecular weight excluding hydrogens is 363 g/mol. The lowest BCUT2D eigenvalue weighted by molar-refractivity contribution is -0.126. The van der Waals surface area contributed by atoms with Crippen molar-refractivity contribution in [1.82, 2.24) is 5.32 Å². The Kier molecular flexibility index (Phi) is 5.14. The highest BCUT2D eigenvalue weighted by atomic mass is 19.1. The second kappa shape index (κ2) is 7.88. The summed E-state index contributed by atoms with van der Waals surface area (Å²) in [4.78, 5) is 26.5. The third-order valence-corrected chi connectivity index (χ3v) is 4.96. The fourth-order valence-corrected chi connectivity index (χ4v) is 3.46. The van der Waals surface area contributed by atoms with Gasteiger partial charge < -0.3 is 19.7 Å². The van der Waals surface area contributed by atoms with Gasteiger partial charge in [0, 0.05) is 31.3 Å². The van der Waals surface area contributed by atoms with Gasteiger partial charge in [-0.3, -0.25) is 9.59 Å². The highest BCUT2D eigenvalue weighted by Gasteiger charge is 2.35. The number of nitrogens with zero attached hydrogens (tertiary/aromatic N) is 1. The van der Waals surface area contributed by atoms with E-state index < -0.39 is 5.92 Å². The summed E-state index contributed by atoms with van der Waals surface area (Å²) in [5, 5.41) is 2.87. The molecule has 0 unspecified atom stereocenters. The molecule has 0 aromatic heterocycles. The van der Waals surface area contributed by atoms with Gasteiger partial charge >= 0.3 is 0 Å². The van der Waals surface area contributed by atoms with Crippen LogP contribution >= 0.6 is 0 Å². The lowest BCUT2D eigenvalue weighted by Crippen LogP contribution is -2.34. The van der Waals surface area contributed by atoms with Crippen molar-refractivity contribution in [3.05, 3.63) is 53.8 Å². The molecular formula is C21H21FN2O4. The Morgan fingerprint density at radius 1 is 1.11 bits per heavy atom. The van der Waals surface area contributed by atoms with Gasteiger partial charge in [0.1, 0.15) is 19.0 Å². The lowest BCUT2D eigenvalue weighted by atomic mass is 10.1. The summed E-state index contributed by atoms with van der Waals surface area (Å²) in [6.07, 6.45) is 0.787. The van der Waals surface area contributed by atoms with Gasteiger partial charge in [0.2, 0.25) is 11.8 Å². The SMILES string of the molecule is O=C(NCCc1ccc(F)cc1)[C@H]1CC(=O)N(c2ccc3c(c2)OCCO3)C1. The Morgan fingerprint density at radius 3 is 2.64 bits per heavy atom. The molecule has 1 fully saturated rings. The number of amides is 2. The number of carbonyl (C=O) groups excluding carboxylic acids is 2. The average molecular weight is 384 g/mol. The summed E-state index contributed by atoms with van der Waals surface area (Å²) in [5.74, 6) is 0.372. The quantitative estimate of drug-likeness (QED) is 0.859. The monoisotopic (exact) mass is 384 g/mol. The second-order valence-corrected chi connectivity index (χ2v) is 6.90. The van der Waals surface area contributed by atoms with E-state index in [4.69, 9.17) is 9.47 Å². The van der Waals surface area contributed by atoms with Crippen molar-refractivity contribution in [2.24, 2.45) is 5.92 Å². The predicted molar refractivity (Wildman–Crippen MR) is 101 cm³/mol. The van der Waals surface area contributed by atoms with E-state index in [-0.39, 0.29) is 24.1 Å². The van der Waals surface area contributed by atoms with Gasteiger partial charge in [-0.1, -0.05) is 12.1 Å². The minimum absolute atomic E-state index is 0.0876. The first-order valence-electron chi connectivity index (χ1n) is 9.32. The first-order chi connectivity index (χ1) is 13.6. The maximum Gasteiger partial charge on any atom is 0.227 e. The molecule has 0 bridgehead atoms. The molecule has 2 amide bonds. The Hall–Kier alpha value is -3.09. The van der Waals surface area contributed by atoms with Crippen LogP contribution in [0.25, 0.3) is 0 Å². The minimum atomic E-state index is -0.395. The van der Waals surface area contributed by atoms with Crippen molar-refractivity contribution < 1.29 is 23.5 Å². The third kappa shape index (κ3) is 3.93. The summed E-state index contributed by atoms with van der Waals surface area (Å²) in [6, 6.07) is 11.6. The Labute approximate surface area is 162 Å². The van der Waals surface area contributed by atoms with E-state index in [2.05, 4.69) is 5.32 Å². The first-order valence-corrected chi connectivity index (χ1v) is 9.32. The summed E-state index contributed by atoms with van der Waals surface area (Å²) in [5.41, 5.74) is 1.65. The number of anilines is 1. The fourth-order valence-electron chi connectivity index (χ4n) is 3.46. The minimum Gasteiger partial charge on any atom is -0.486 e. The Morgan fingerprint density at radius 2 is 1.86 bits per heavy atom. The molecule has 1 N–H and O–H groups in total. The normalized spacial score (nSPS) is 18.2. The van der Waals surface area contributed by atoms with Crippen molar-refractivity contribution in [3.8, 4) is 11.5 Å². The topological polar surface area (TPSA) is 67.9 Å². The molecule has 0 radical (unpaired) electrons. The molecule has 2 aromatic carbocycles. The summed E-state index contributed by atoms with van der Waals surface area (Å²) >= 11 is 0. The van der Waals surface area contributed by atoms with Gasteiger partial charge in [0.05, 0.1) is 5.92 Å². The van der Waals surface area contributed by atoms with Crippen LogP contribution in [0, 0.1) is 11.7 Å². The van der Waals surface area contributed by atoms with Crippen molar-refractivity contribution in [3.63, 3.8) is 0 Å². The van der Waals surface area contributed by atoms with Crippen LogP contribution in [0.4, 0.5) is 10.1 Å². The second-order valence-electron chi connectivity index (χ2n) is 6.90. The van der Waals surface area contributed by atoms with Gasteiger partial charge in [-0.15, -0.1) is 0 Å². The number of halogens is 1. The number of carbonyl (C=O) groups is 2. The van der Waals surface area contributed by atoms with E-state index in [1.54, 1.807) is 35.2 Å². The molecule has 1 atom stereocenters. The summed E-state index contributed by atoms with van der Waals surface area (Å²) in [7, 11) is 0. The smallest absolute Gasteiger partial charge is 0.227 e. The van der Waals surface area contributed by atoms with Crippen LogP contribution in [0.5, 0.6) is 11.5 Å². The van der Waals surface area contributed by atoms with Gasteiger partial charge in [-0.2, -0.15) is 0 Å². The number of ether oxygens (including phenoxy) is 2. The maximum atomic E-state index is 12.9. The molecule has 0 saturated carbocycles. The van der Waals surface area contributed by atoms with Crippen molar-refractivity contribution in [1.29, 1.82) is 0 Å². The molecule has 146 valence electrons. The molecule has 2 heterocycles. The molecule has 4 rings (SSSR count). The third-order valence-electron chi connectivity index (χ3n) is 4.96. The van der Waals surface area contributed by atoms with Gasteiger partial charge in [-0.05, 0) is 36.2 Å². The molecule has 2 aromatic rings. The van der Waals surface area contributed by atoms with E-state index in [1.165, 1.54) is 12.1 Å². The molecule has 2 aliphatic heterocycles. The van der Waals surface area contributed by atoms with E-state index in [9.17, 15) is 14.0 Å². The predicted octanol–water partition coefficient (Wildman–Crippen LogP) is 2.31. The molecule has 0 aliphatic carbocycles. The highest BCUT2D eigenvalue weighted by molar-refractivity contribution is 6.00. The number of fused-ring (bicyclic) bond motifs is 1. The number of rotatable bonds is 5. The standard InChI is InChI=1S/C21H21FN2O4/c22-16-3-1-14(2-4-16)7-8-23-21(26)15-11-20(25)24(13-15)17-5-6-18-19(12-17)28-10-9-27-18/h1-6,12,15H,7-11,13H2,(H,23,26)/t15-/m0/s1. The zero-order valence-electron chi connectivity index (χ0n) is 15.3. The number of benzene rings is 2. The van der Waals surface area contributed by atoms with Crippen LogP contribution in [-0.4, -0.2) is 38.1 Å². The van der Waals surface area contributed by atoms with E-state index in [0.29, 0.717) is 49.9 Å².